The zero-order valence-electron chi connectivity index (χ0n) is 17.2. The van der Waals surface area contributed by atoms with Crippen molar-refractivity contribution in [2.75, 3.05) is 6.54 Å². The van der Waals surface area contributed by atoms with E-state index in [1.54, 1.807) is 0 Å². The van der Waals surface area contributed by atoms with Crippen LogP contribution >= 0.6 is 11.6 Å². The molecule has 3 unspecified atom stereocenters. The third kappa shape index (κ3) is 3.47. The van der Waals surface area contributed by atoms with Gasteiger partial charge in [-0.15, -0.1) is 0 Å². The molecule has 31 heavy (non-hydrogen) atoms. The third-order valence-corrected chi connectivity index (χ3v) is 10.4. The van der Waals surface area contributed by atoms with Gasteiger partial charge in [0.1, 0.15) is 10.9 Å². The highest BCUT2D eigenvalue weighted by Gasteiger charge is 2.57. The summed E-state index contributed by atoms with van der Waals surface area (Å²) in [5.74, 6) is -0.365. The van der Waals surface area contributed by atoms with Crippen molar-refractivity contribution in [3.05, 3.63) is 28.8 Å². The van der Waals surface area contributed by atoms with Crippen LogP contribution in [-0.4, -0.2) is 48.3 Å². The number of nitrogens with one attached hydrogen (secondary N) is 1. The van der Waals surface area contributed by atoms with Crippen molar-refractivity contribution in [3.63, 3.8) is 0 Å². The monoisotopic (exact) mass is 466 g/mol. The summed E-state index contributed by atoms with van der Waals surface area (Å²) in [6, 6.07) is 2.97. The van der Waals surface area contributed by atoms with Crippen LogP contribution in [0.2, 0.25) is 5.02 Å². The Morgan fingerprint density at radius 1 is 1.13 bits per heavy atom. The number of hydrogen-bond acceptors (Lipinski definition) is 4. The van der Waals surface area contributed by atoms with Gasteiger partial charge in [0, 0.05) is 12.6 Å². The van der Waals surface area contributed by atoms with Crippen LogP contribution in [0.5, 0.6) is 0 Å². The van der Waals surface area contributed by atoms with Crippen LogP contribution in [0.4, 0.5) is 0 Å². The number of halogens is 1. The zero-order chi connectivity index (χ0) is 22.0. The summed E-state index contributed by atoms with van der Waals surface area (Å²) in [5, 5.41) is 12.2. The van der Waals surface area contributed by atoms with Crippen molar-refractivity contribution in [1.82, 2.24) is 9.62 Å². The molecule has 1 amide bonds. The molecule has 4 saturated carbocycles. The zero-order valence-corrected chi connectivity index (χ0v) is 18.8. The average Bonchev–Trinajstić information content (AvgIpc) is 3.20. The number of rotatable bonds is 5. The lowest BCUT2D eigenvalue weighted by Gasteiger charge is -2.62. The molecular formula is C22H27ClN2O5S. The average molecular weight is 467 g/mol. The second-order valence-electron chi connectivity index (χ2n) is 9.78. The summed E-state index contributed by atoms with van der Waals surface area (Å²) in [4.78, 5) is 24.2. The van der Waals surface area contributed by atoms with E-state index >= 15 is 0 Å². The van der Waals surface area contributed by atoms with Crippen molar-refractivity contribution in [3.8, 4) is 0 Å². The van der Waals surface area contributed by atoms with Crippen molar-refractivity contribution >= 4 is 33.5 Å². The lowest BCUT2D eigenvalue weighted by atomic mass is 9.45. The smallest absolute Gasteiger partial charge is 0.335 e. The Labute approximate surface area is 187 Å². The van der Waals surface area contributed by atoms with Crippen molar-refractivity contribution in [1.29, 1.82) is 0 Å². The molecular weight excluding hydrogens is 440 g/mol. The Bertz CT molecular complexity index is 1040. The van der Waals surface area contributed by atoms with E-state index in [4.69, 9.17) is 16.7 Å². The molecule has 1 aliphatic heterocycles. The predicted octanol–water partition coefficient (Wildman–Crippen LogP) is 3.28. The summed E-state index contributed by atoms with van der Waals surface area (Å²) in [6.45, 7) is 0.248. The molecule has 1 aromatic rings. The minimum absolute atomic E-state index is 0.0824. The molecule has 9 heteroatoms. The van der Waals surface area contributed by atoms with Gasteiger partial charge in [-0.05, 0) is 80.4 Å². The summed E-state index contributed by atoms with van der Waals surface area (Å²) >= 11 is 6.13. The lowest BCUT2D eigenvalue weighted by molar-refractivity contribution is -0.134. The SMILES string of the molecule is O=C(O)c1ccc(S(=O)(=O)N2CCCC2C(=O)NC2C3CCCC4(C3)CC2C4)c(Cl)c1. The van der Waals surface area contributed by atoms with Crippen LogP contribution < -0.4 is 5.32 Å². The molecule has 0 radical (unpaired) electrons. The van der Waals surface area contributed by atoms with Gasteiger partial charge in [0.05, 0.1) is 10.6 Å². The number of nitrogens with zero attached hydrogens (tertiary/aromatic N) is 1. The fourth-order valence-electron chi connectivity index (χ4n) is 6.62. The maximum Gasteiger partial charge on any atom is 0.335 e. The molecule has 4 aliphatic carbocycles. The lowest BCUT2D eigenvalue weighted by Crippen LogP contribution is -2.62. The van der Waals surface area contributed by atoms with Crippen LogP contribution in [0.25, 0.3) is 0 Å². The van der Waals surface area contributed by atoms with Gasteiger partial charge in [-0.25, -0.2) is 13.2 Å². The van der Waals surface area contributed by atoms with Gasteiger partial charge in [0.25, 0.3) is 0 Å². The normalized spacial score (nSPS) is 34.7. The molecule has 3 atom stereocenters. The second-order valence-corrected chi connectivity index (χ2v) is 12.0. The fourth-order valence-corrected chi connectivity index (χ4v) is 8.80. The Morgan fingerprint density at radius 2 is 1.87 bits per heavy atom. The van der Waals surface area contributed by atoms with Gasteiger partial charge < -0.3 is 10.4 Å². The first-order valence-electron chi connectivity index (χ1n) is 11.1. The van der Waals surface area contributed by atoms with Gasteiger partial charge >= 0.3 is 5.97 Å². The molecule has 1 saturated heterocycles. The predicted molar refractivity (Wildman–Crippen MR) is 114 cm³/mol. The van der Waals surface area contributed by atoms with Crippen molar-refractivity contribution in [2.24, 2.45) is 17.3 Å². The summed E-state index contributed by atoms with van der Waals surface area (Å²) in [5.41, 5.74) is 0.442. The van der Waals surface area contributed by atoms with Crippen LogP contribution in [0, 0.1) is 17.3 Å². The molecule has 1 aromatic carbocycles. The number of carboxylic acids is 1. The van der Waals surface area contributed by atoms with Crippen molar-refractivity contribution < 1.29 is 23.1 Å². The van der Waals surface area contributed by atoms with Gasteiger partial charge in [0.15, 0.2) is 0 Å². The van der Waals surface area contributed by atoms with E-state index in [0.29, 0.717) is 30.1 Å². The van der Waals surface area contributed by atoms with E-state index in [9.17, 15) is 18.0 Å². The number of benzene rings is 1. The first kappa shape index (κ1) is 21.2. The van der Waals surface area contributed by atoms with E-state index in [1.165, 1.54) is 48.5 Å². The number of aromatic carboxylic acids is 1. The number of amides is 1. The van der Waals surface area contributed by atoms with Crippen LogP contribution in [0.3, 0.4) is 0 Å². The van der Waals surface area contributed by atoms with E-state index in [-0.39, 0.29) is 34.0 Å². The van der Waals surface area contributed by atoms with Crippen LogP contribution in [0.15, 0.2) is 23.1 Å². The number of carbonyl (C=O) groups is 2. The highest BCUT2D eigenvalue weighted by Crippen LogP contribution is 2.63. The Hall–Kier alpha value is -1.64. The summed E-state index contributed by atoms with van der Waals surface area (Å²) in [7, 11) is -4.02. The quantitative estimate of drug-likeness (QED) is 0.693. The number of carboxylic acid groups (broad SMARTS) is 1. The minimum atomic E-state index is -4.02. The third-order valence-electron chi connectivity index (χ3n) is 7.96. The van der Waals surface area contributed by atoms with Crippen LogP contribution in [-0.2, 0) is 14.8 Å². The molecule has 1 heterocycles. The molecule has 2 N–H and O–H groups in total. The first-order chi connectivity index (χ1) is 14.7. The van der Waals surface area contributed by atoms with Gasteiger partial charge in [-0.2, -0.15) is 4.31 Å². The van der Waals surface area contributed by atoms with Crippen LogP contribution in [0.1, 0.15) is 61.7 Å². The molecule has 6 rings (SSSR count). The van der Waals surface area contributed by atoms with E-state index in [0.717, 1.165) is 12.5 Å². The van der Waals surface area contributed by atoms with E-state index in [1.807, 2.05) is 0 Å². The maximum absolute atomic E-state index is 13.3. The molecule has 168 valence electrons. The van der Waals surface area contributed by atoms with E-state index < -0.39 is 22.0 Å². The number of sulfonamides is 1. The Morgan fingerprint density at radius 3 is 2.58 bits per heavy atom. The Kier molecular flexibility index (Phi) is 5.10. The van der Waals surface area contributed by atoms with E-state index in [2.05, 4.69) is 5.32 Å². The first-order valence-corrected chi connectivity index (χ1v) is 12.9. The molecule has 5 aliphatic rings. The molecule has 7 nitrogen and oxygen atoms in total. The molecule has 0 aromatic heterocycles. The summed E-state index contributed by atoms with van der Waals surface area (Å²) < 4.78 is 27.8. The summed E-state index contributed by atoms with van der Waals surface area (Å²) in [6.07, 6.45) is 8.31. The molecule has 5 fully saturated rings. The molecule has 3 bridgehead atoms. The highest BCUT2D eigenvalue weighted by atomic mass is 35.5. The minimum Gasteiger partial charge on any atom is -0.478 e. The Balaban J connectivity index is 1.34. The fraction of sp³-hybridized carbons (Fsp3) is 0.636. The standard InChI is InChI=1S/C22H27ClN2O5S/c23-16-9-13(21(27)28)5-6-18(16)31(29,30)25-8-2-4-17(25)20(26)24-19-14-3-1-7-22(10-14)11-15(19)12-22/h5-6,9,14-15,17,19H,1-4,7-8,10-12H2,(H,24,26)(H,27,28). The van der Waals surface area contributed by atoms with Gasteiger partial charge in [-0.3, -0.25) is 4.79 Å². The number of carbonyl (C=O) groups excluding carboxylic acids is 1. The molecule has 1 spiro atoms. The largest absolute Gasteiger partial charge is 0.478 e. The van der Waals surface area contributed by atoms with Gasteiger partial charge in [0.2, 0.25) is 15.9 Å². The number of hydrogen-bond donors (Lipinski definition) is 2. The van der Waals surface area contributed by atoms with Gasteiger partial charge in [-0.1, -0.05) is 18.0 Å². The van der Waals surface area contributed by atoms with Crippen molar-refractivity contribution in [2.45, 2.75) is 68.3 Å². The topological polar surface area (TPSA) is 104 Å². The highest BCUT2D eigenvalue weighted by molar-refractivity contribution is 7.89. The maximum atomic E-state index is 13.3. The second kappa shape index (κ2) is 7.46.